The maximum absolute atomic E-state index is 10.8. The van der Waals surface area contributed by atoms with Crippen LogP contribution in [0.2, 0.25) is 0 Å². The number of hydrogen-bond donors (Lipinski definition) is 1. The zero-order valence-electron chi connectivity index (χ0n) is 11.3. The zero-order chi connectivity index (χ0) is 14.2. The maximum atomic E-state index is 10.8. The summed E-state index contributed by atoms with van der Waals surface area (Å²) in [5.41, 5.74) is 2.26. The number of hydrogen-bond acceptors (Lipinski definition) is 3. The summed E-state index contributed by atoms with van der Waals surface area (Å²) in [6.45, 7) is 1.31. The summed E-state index contributed by atoms with van der Waals surface area (Å²) in [6.07, 6.45) is 4.57. The van der Waals surface area contributed by atoms with Crippen molar-refractivity contribution < 1.29 is 9.90 Å². The van der Waals surface area contributed by atoms with E-state index in [1.807, 2.05) is 42.5 Å². The first-order chi connectivity index (χ1) is 9.75. The van der Waals surface area contributed by atoms with E-state index in [-0.39, 0.29) is 6.42 Å². The lowest BCUT2D eigenvalue weighted by Crippen LogP contribution is -2.28. The number of carboxylic acids is 1. The minimum atomic E-state index is -0.769. The van der Waals surface area contributed by atoms with Crippen LogP contribution in [-0.4, -0.2) is 29.1 Å². The monoisotopic (exact) mass is 270 g/mol. The molecule has 104 valence electrons. The fraction of sp³-hybridized carbons (Fsp3) is 0.250. The van der Waals surface area contributed by atoms with E-state index in [2.05, 4.69) is 9.88 Å². The van der Waals surface area contributed by atoms with Gasteiger partial charge in [0.2, 0.25) is 0 Å². The predicted molar refractivity (Wildman–Crippen MR) is 78.8 cm³/mol. The van der Waals surface area contributed by atoms with Gasteiger partial charge in [0, 0.05) is 31.2 Å². The molecule has 0 saturated carbocycles. The van der Waals surface area contributed by atoms with E-state index in [1.165, 1.54) is 5.56 Å². The molecule has 20 heavy (non-hydrogen) atoms. The van der Waals surface area contributed by atoms with Gasteiger partial charge in [0.15, 0.2) is 0 Å². The molecule has 0 radical (unpaired) electrons. The zero-order valence-corrected chi connectivity index (χ0v) is 11.3. The molecule has 4 heteroatoms. The van der Waals surface area contributed by atoms with Gasteiger partial charge < -0.3 is 10.0 Å². The van der Waals surface area contributed by atoms with E-state index in [1.54, 1.807) is 12.4 Å². The fourth-order valence-electron chi connectivity index (χ4n) is 2.05. The van der Waals surface area contributed by atoms with Crippen LogP contribution < -0.4 is 4.90 Å². The van der Waals surface area contributed by atoms with E-state index in [4.69, 9.17) is 5.11 Å². The topological polar surface area (TPSA) is 53.4 Å². The van der Waals surface area contributed by atoms with Gasteiger partial charge in [0.05, 0.1) is 6.42 Å². The number of nitrogens with zero attached hydrogens (tertiary/aromatic N) is 2. The summed E-state index contributed by atoms with van der Waals surface area (Å²) in [5, 5.41) is 8.86. The molecule has 0 saturated heterocycles. The Kier molecular flexibility index (Phi) is 5.12. The largest absolute Gasteiger partial charge is 0.481 e. The molecule has 1 N–H and O–H groups in total. The highest BCUT2D eigenvalue weighted by atomic mass is 16.4. The Balaban J connectivity index is 2.01. The van der Waals surface area contributed by atoms with Crippen molar-refractivity contribution in [3.05, 3.63) is 60.4 Å². The molecule has 4 nitrogen and oxygen atoms in total. The molecular weight excluding hydrogens is 252 g/mol. The molecule has 1 heterocycles. The van der Waals surface area contributed by atoms with E-state index in [0.717, 1.165) is 18.7 Å². The van der Waals surface area contributed by atoms with Crippen molar-refractivity contribution in [3.63, 3.8) is 0 Å². The van der Waals surface area contributed by atoms with Crippen LogP contribution in [0.25, 0.3) is 0 Å². The van der Waals surface area contributed by atoms with Crippen LogP contribution in [-0.2, 0) is 11.2 Å². The third-order valence-electron chi connectivity index (χ3n) is 3.14. The van der Waals surface area contributed by atoms with E-state index >= 15 is 0 Å². The number of aromatic nitrogens is 1. The van der Waals surface area contributed by atoms with Crippen molar-refractivity contribution >= 4 is 11.7 Å². The number of aliphatic carboxylic acids is 1. The molecule has 2 aromatic rings. The standard InChI is InChI=1S/C16H18N2O2/c19-16(20)9-13-18(15-4-2-1-3-5-15)12-8-14-6-10-17-11-7-14/h1-7,10-11H,8-9,12-13H2,(H,19,20). The van der Waals surface area contributed by atoms with E-state index in [9.17, 15) is 4.79 Å². The summed E-state index contributed by atoms with van der Waals surface area (Å²) >= 11 is 0. The Bertz CT molecular complexity index is 529. The molecule has 1 aromatic carbocycles. The molecule has 0 unspecified atom stereocenters. The van der Waals surface area contributed by atoms with Gasteiger partial charge in [-0.25, -0.2) is 0 Å². The summed E-state index contributed by atoms with van der Waals surface area (Å²) < 4.78 is 0. The smallest absolute Gasteiger partial charge is 0.305 e. The Morgan fingerprint density at radius 3 is 2.40 bits per heavy atom. The molecule has 0 aliphatic rings. The highest BCUT2D eigenvalue weighted by molar-refractivity contribution is 5.67. The number of carboxylic acid groups (broad SMARTS) is 1. The van der Waals surface area contributed by atoms with Gasteiger partial charge >= 0.3 is 5.97 Å². The van der Waals surface area contributed by atoms with Crippen molar-refractivity contribution in [2.75, 3.05) is 18.0 Å². The van der Waals surface area contributed by atoms with Gasteiger partial charge in [0.25, 0.3) is 0 Å². The molecule has 0 aliphatic carbocycles. The van der Waals surface area contributed by atoms with Gasteiger partial charge in [-0.1, -0.05) is 18.2 Å². The van der Waals surface area contributed by atoms with Crippen molar-refractivity contribution in [2.45, 2.75) is 12.8 Å². The van der Waals surface area contributed by atoms with Crippen molar-refractivity contribution in [2.24, 2.45) is 0 Å². The number of rotatable bonds is 7. The van der Waals surface area contributed by atoms with Gasteiger partial charge in [-0.05, 0) is 36.2 Å². The highest BCUT2D eigenvalue weighted by Crippen LogP contribution is 2.14. The molecule has 0 fully saturated rings. The summed E-state index contributed by atoms with van der Waals surface area (Å²) in [4.78, 5) is 16.9. The van der Waals surface area contributed by atoms with Gasteiger partial charge in [-0.15, -0.1) is 0 Å². The Labute approximate surface area is 118 Å². The molecule has 0 atom stereocenters. The minimum Gasteiger partial charge on any atom is -0.481 e. The number of para-hydroxylation sites is 1. The maximum Gasteiger partial charge on any atom is 0.305 e. The quantitative estimate of drug-likeness (QED) is 0.840. The minimum absolute atomic E-state index is 0.144. The van der Waals surface area contributed by atoms with E-state index < -0.39 is 5.97 Å². The predicted octanol–water partition coefficient (Wildman–Crippen LogP) is 2.61. The van der Waals surface area contributed by atoms with Gasteiger partial charge in [-0.2, -0.15) is 0 Å². The van der Waals surface area contributed by atoms with Crippen LogP contribution in [0, 0.1) is 0 Å². The molecule has 2 rings (SSSR count). The second-order valence-corrected chi connectivity index (χ2v) is 4.57. The molecule has 0 spiro atoms. The molecule has 0 amide bonds. The van der Waals surface area contributed by atoms with Crippen LogP contribution in [0.4, 0.5) is 5.69 Å². The van der Waals surface area contributed by atoms with Gasteiger partial charge in [-0.3, -0.25) is 9.78 Å². The first-order valence-electron chi connectivity index (χ1n) is 6.66. The summed E-state index contributed by atoms with van der Waals surface area (Å²) in [6, 6.07) is 13.9. The van der Waals surface area contributed by atoms with Crippen molar-refractivity contribution in [1.82, 2.24) is 4.98 Å². The SMILES string of the molecule is O=C(O)CCN(CCc1ccncc1)c1ccccc1. The normalized spacial score (nSPS) is 10.2. The average Bonchev–Trinajstić information content (AvgIpc) is 2.49. The first kappa shape index (κ1) is 14.1. The number of pyridine rings is 1. The lowest BCUT2D eigenvalue weighted by Gasteiger charge is -2.24. The van der Waals surface area contributed by atoms with Crippen LogP contribution >= 0.6 is 0 Å². The summed E-state index contributed by atoms with van der Waals surface area (Å²) in [7, 11) is 0. The lowest BCUT2D eigenvalue weighted by atomic mass is 10.1. The lowest BCUT2D eigenvalue weighted by molar-refractivity contribution is -0.136. The number of carbonyl (C=O) groups is 1. The fourth-order valence-corrected chi connectivity index (χ4v) is 2.05. The first-order valence-corrected chi connectivity index (χ1v) is 6.66. The third kappa shape index (κ3) is 4.39. The average molecular weight is 270 g/mol. The van der Waals surface area contributed by atoms with Gasteiger partial charge in [0.1, 0.15) is 0 Å². The third-order valence-corrected chi connectivity index (χ3v) is 3.14. The van der Waals surface area contributed by atoms with Crippen LogP contribution in [0.15, 0.2) is 54.9 Å². The number of anilines is 1. The second-order valence-electron chi connectivity index (χ2n) is 4.57. The number of benzene rings is 1. The van der Waals surface area contributed by atoms with Crippen LogP contribution in [0.5, 0.6) is 0 Å². The van der Waals surface area contributed by atoms with Crippen molar-refractivity contribution in [3.8, 4) is 0 Å². The van der Waals surface area contributed by atoms with Crippen LogP contribution in [0.1, 0.15) is 12.0 Å². The Morgan fingerprint density at radius 1 is 1.05 bits per heavy atom. The molecular formula is C16H18N2O2. The molecule has 0 bridgehead atoms. The van der Waals surface area contributed by atoms with E-state index in [0.29, 0.717) is 6.54 Å². The van der Waals surface area contributed by atoms with Crippen molar-refractivity contribution in [1.29, 1.82) is 0 Å². The summed E-state index contributed by atoms with van der Waals surface area (Å²) in [5.74, 6) is -0.769. The Morgan fingerprint density at radius 2 is 1.75 bits per heavy atom. The second kappa shape index (κ2) is 7.28. The molecule has 1 aromatic heterocycles. The Hall–Kier alpha value is -2.36. The van der Waals surface area contributed by atoms with Crippen LogP contribution in [0.3, 0.4) is 0 Å². The highest BCUT2D eigenvalue weighted by Gasteiger charge is 2.08. The molecule has 0 aliphatic heterocycles.